The summed E-state index contributed by atoms with van der Waals surface area (Å²) in [5.41, 5.74) is 3.10. The second kappa shape index (κ2) is 3.79. The van der Waals surface area contributed by atoms with Crippen molar-refractivity contribution in [3.8, 4) is 0 Å². The second-order valence-electron chi connectivity index (χ2n) is 5.21. The Balaban J connectivity index is 2.25. The van der Waals surface area contributed by atoms with Crippen LogP contribution in [0.5, 0.6) is 0 Å². The Morgan fingerprint density at radius 3 is 2.71 bits per heavy atom. The molecule has 0 fully saturated rings. The van der Waals surface area contributed by atoms with E-state index < -0.39 is 0 Å². The van der Waals surface area contributed by atoms with Crippen molar-refractivity contribution >= 4 is 38.2 Å². The molecule has 0 saturated heterocycles. The summed E-state index contributed by atoms with van der Waals surface area (Å²) in [5.74, 6) is 0. The van der Waals surface area contributed by atoms with Crippen molar-refractivity contribution in [3.63, 3.8) is 0 Å². The van der Waals surface area contributed by atoms with Gasteiger partial charge in [-0.3, -0.25) is 9.38 Å². The van der Waals surface area contributed by atoms with E-state index >= 15 is 0 Å². The molecule has 5 aromatic rings. The first-order chi connectivity index (χ1) is 10.4. The van der Waals surface area contributed by atoms with Crippen LogP contribution in [0.1, 0.15) is 0 Å². The van der Waals surface area contributed by atoms with E-state index in [1.165, 1.54) is 10.8 Å². The van der Waals surface area contributed by atoms with Crippen LogP contribution >= 0.6 is 0 Å². The van der Waals surface area contributed by atoms with Crippen molar-refractivity contribution in [1.82, 2.24) is 14.4 Å². The maximum Gasteiger partial charge on any atom is 0.145 e. The highest BCUT2D eigenvalue weighted by atomic mass is 15.0. The molecule has 3 nitrogen and oxygen atoms in total. The van der Waals surface area contributed by atoms with Crippen LogP contribution in [0.25, 0.3) is 38.2 Å². The topological polar surface area (TPSA) is 30.2 Å². The monoisotopic (exact) mass is 269 g/mol. The smallest absolute Gasteiger partial charge is 0.145 e. The molecule has 0 bridgehead atoms. The lowest BCUT2D eigenvalue weighted by molar-refractivity contribution is 1.21. The lowest BCUT2D eigenvalue weighted by Crippen LogP contribution is -1.94. The highest BCUT2D eigenvalue weighted by Crippen LogP contribution is 2.32. The quantitative estimate of drug-likeness (QED) is 0.395. The van der Waals surface area contributed by atoms with Crippen LogP contribution in [-0.4, -0.2) is 14.4 Å². The molecule has 3 heteroatoms. The molecule has 0 N–H and O–H groups in total. The van der Waals surface area contributed by atoms with Crippen LogP contribution in [0, 0.1) is 0 Å². The third-order valence-corrected chi connectivity index (χ3v) is 4.08. The Morgan fingerprint density at radius 2 is 1.71 bits per heavy atom. The number of hydrogen-bond donors (Lipinski definition) is 0. The van der Waals surface area contributed by atoms with Crippen LogP contribution in [0.3, 0.4) is 0 Å². The SMILES string of the molecule is c1ccc2c(c1)cnc1c2c2cccnc2c2cccn21. The molecule has 0 unspecified atom stereocenters. The molecule has 4 aromatic heterocycles. The molecular weight excluding hydrogens is 258 g/mol. The molecular formula is C18H11N3. The lowest BCUT2D eigenvalue weighted by atomic mass is 10.0. The molecule has 0 radical (unpaired) electrons. The molecule has 5 rings (SSSR count). The Bertz CT molecular complexity index is 1140. The van der Waals surface area contributed by atoms with Crippen LogP contribution in [0.4, 0.5) is 0 Å². The Kier molecular flexibility index (Phi) is 1.95. The molecule has 1 aromatic carbocycles. The van der Waals surface area contributed by atoms with Crippen LogP contribution < -0.4 is 0 Å². The maximum absolute atomic E-state index is 4.70. The van der Waals surface area contributed by atoms with E-state index in [9.17, 15) is 0 Å². The van der Waals surface area contributed by atoms with Crippen LogP contribution in [0.2, 0.25) is 0 Å². The Morgan fingerprint density at radius 1 is 0.810 bits per heavy atom. The number of rotatable bonds is 0. The molecule has 0 saturated carbocycles. The predicted molar refractivity (Wildman–Crippen MR) is 85.5 cm³/mol. The van der Waals surface area contributed by atoms with Gasteiger partial charge in [0.1, 0.15) is 5.65 Å². The number of aromatic nitrogens is 3. The zero-order chi connectivity index (χ0) is 13.8. The molecule has 21 heavy (non-hydrogen) atoms. The third kappa shape index (κ3) is 1.32. The number of fused-ring (bicyclic) bond motifs is 8. The predicted octanol–water partition coefficient (Wildman–Crippen LogP) is 4.19. The minimum Gasteiger partial charge on any atom is -0.299 e. The summed E-state index contributed by atoms with van der Waals surface area (Å²) in [7, 11) is 0. The maximum atomic E-state index is 4.70. The molecule has 0 spiro atoms. The minimum absolute atomic E-state index is 0.981. The van der Waals surface area contributed by atoms with Crippen molar-refractivity contribution in [2.24, 2.45) is 0 Å². The Labute approximate surface area is 120 Å². The first kappa shape index (κ1) is 10.8. The summed E-state index contributed by atoms with van der Waals surface area (Å²) in [6, 6.07) is 16.6. The van der Waals surface area contributed by atoms with Gasteiger partial charge >= 0.3 is 0 Å². The van der Waals surface area contributed by atoms with Crippen molar-refractivity contribution in [2.75, 3.05) is 0 Å². The summed E-state index contributed by atoms with van der Waals surface area (Å²) >= 11 is 0. The molecule has 4 heterocycles. The van der Waals surface area contributed by atoms with Gasteiger partial charge in [-0.25, -0.2) is 4.98 Å². The fourth-order valence-corrected chi connectivity index (χ4v) is 3.17. The highest BCUT2D eigenvalue weighted by Gasteiger charge is 2.12. The van der Waals surface area contributed by atoms with Crippen LogP contribution in [-0.2, 0) is 0 Å². The molecule has 0 aliphatic rings. The number of pyridine rings is 3. The van der Waals surface area contributed by atoms with Gasteiger partial charge in [0.25, 0.3) is 0 Å². The fourth-order valence-electron chi connectivity index (χ4n) is 3.17. The molecule has 0 amide bonds. The van der Waals surface area contributed by atoms with E-state index in [-0.39, 0.29) is 0 Å². The Hall–Kier alpha value is -2.94. The van der Waals surface area contributed by atoms with E-state index in [4.69, 9.17) is 4.98 Å². The lowest BCUT2D eigenvalue weighted by Gasteiger charge is -2.10. The van der Waals surface area contributed by atoms with Crippen molar-refractivity contribution in [3.05, 3.63) is 67.1 Å². The van der Waals surface area contributed by atoms with Gasteiger partial charge < -0.3 is 0 Å². The zero-order valence-corrected chi connectivity index (χ0v) is 11.2. The number of hydrogen-bond acceptors (Lipinski definition) is 2. The summed E-state index contributed by atoms with van der Waals surface area (Å²) in [6.07, 6.45) is 5.84. The summed E-state index contributed by atoms with van der Waals surface area (Å²) < 4.78 is 2.12. The second-order valence-corrected chi connectivity index (χ2v) is 5.21. The molecule has 0 aliphatic heterocycles. The van der Waals surface area contributed by atoms with Crippen molar-refractivity contribution in [1.29, 1.82) is 0 Å². The van der Waals surface area contributed by atoms with Crippen molar-refractivity contribution < 1.29 is 0 Å². The van der Waals surface area contributed by atoms with E-state index in [0.29, 0.717) is 0 Å². The van der Waals surface area contributed by atoms with E-state index in [1.807, 2.05) is 36.8 Å². The summed E-state index contributed by atoms with van der Waals surface area (Å²) in [4.78, 5) is 9.28. The van der Waals surface area contributed by atoms with Gasteiger partial charge in [-0.05, 0) is 23.6 Å². The standard InChI is InChI=1S/C18H11N3/c1-2-6-13-12(5-1)11-20-18-16(13)14-7-3-9-19-17(14)15-8-4-10-21(15)18/h1-11H. The van der Waals surface area contributed by atoms with E-state index in [1.54, 1.807) is 0 Å². The molecule has 0 aliphatic carbocycles. The van der Waals surface area contributed by atoms with Gasteiger partial charge in [0.05, 0.1) is 11.0 Å². The largest absolute Gasteiger partial charge is 0.299 e. The normalized spacial score (nSPS) is 11.8. The van der Waals surface area contributed by atoms with Crippen molar-refractivity contribution in [2.45, 2.75) is 0 Å². The van der Waals surface area contributed by atoms with Gasteiger partial charge in [0.2, 0.25) is 0 Å². The van der Waals surface area contributed by atoms with Gasteiger partial charge in [-0.15, -0.1) is 0 Å². The number of nitrogens with zero attached hydrogens (tertiary/aromatic N) is 3. The van der Waals surface area contributed by atoms with E-state index in [2.05, 4.69) is 39.7 Å². The molecule has 98 valence electrons. The van der Waals surface area contributed by atoms with Crippen LogP contribution in [0.15, 0.2) is 67.1 Å². The fraction of sp³-hybridized carbons (Fsp3) is 0. The minimum atomic E-state index is 0.981. The van der Waals surface area contributed by atoms with Gasteiger partial charge in [0.15, 0.2) is 0 Å². The van der Waals surface area contributed by atoms with Gasteiger partial charge in [-0.2, -0.15) is 0 Å². The highest BCUT2D eigenvalue weighted by molar-refractivity contribution is 6.20. The van der Waals surface area contributed by atoms with Gasteiger partial charge in [0, 0.05) is 34.7 Å². The zero-order valence-electron chi connectivity index (χ0n) is 11.2. The average Bonchev–Trinajstić information content (AvgIpc) is 3.04. The molecule has 0 atom stereocenters. The summed E-state index contributed by atoms with van der Waals surface area (Å²) in [5, 5.41) is 4.70. The summed E-state index contributed by atoms with van der Waals surface area (Å²) in [6.45, 7) is 0. The third-order valence-electron chi connectivity index (χ3n) is 4.08. The van der Waals surface area contributed by atoms with E-state index in [0.717, 1.165) is 27.5 Å². The van der Waals surface area contributed by atoms with Gasteiger partial charge in [-0.1, -0.05) is 30.3 Å². The first-order valence-corrected chi connectivity index (χ1v) is 6.95. The average molecular weight is 269 g/mol. The number of benzene rings is 1. The first-order valence-electron chi connectivity index (χ1n) is 6.95.